The van der Waals surface area contributed by atoms with Crippen molar-refractivity contribution in [1.82, 2.24) is 0 Å². The normalized spacial score (nSPS) is 20.5. The van der Waals surface area contributed by atoms with Crippen LogP contribution in [0.5, 0.6) is 0 Å². The molecule has 5 nitrogen and oxygen atoms in total. The van der Waals surface area contributed by atoms with Crippen molar-refractivity contribution in [3.8, 4) is 0 Å². The summed E-state index contributed by atoms with van der Waals surface area (Å²) in [6, 6.07) is 6.23. The summed E-state index contributed by atoms with van der Waals surface area (Å²) in [5.41, 5.74) is 12.2. The maximum Gasteiger partial charge on any atom is 0.220 e. The maximum atomic E-state index is 13.1. The topological polar surface area (TPSA) is 80.0 Å². The van der Waals surface area contributed by atoms with E-state index in [1.54, 1.807) is 12.1 Å². The van der Waals surface area contributed by atoms with Crippen molar-refractivity contribution >= 4 is 30.0 Å². The molecule has 114 valence electrons. The first kappa shape index (κ1) is 15.6. The molecule has 1 aromatic carbocycles. The van der Waals surface area contributed by atoms with Gasteiger partial charge in [0.05, 0.1) is 0 Å². The minimum Gasteiger partial charge on any atom is -0.369 e. The Kier molecular flexibility index (Phi) is 4.37. The monoisotopic (exact) mass is 311 g/mol. The fourth-order valence-electron chi connectivity index (χ4n) is 3.08. The molecule has 0 bridgehead atoms. The van der Waals surface area contributed by atoms with Crippen LogP contribution in [0.1, 0.15) is 32.1 Å². The summed E-state index contributed by atoms with van der Waals surface area (Å²) in [4.78, 5) is 10.5. The molecule has 4 N–H and O–H groups in total. The summed E-state index contributed by atoms with van der Waals surface area (Å²) in [6.07, 6.45) is 5.08. The van der Waals surface area contributed by atoms with Gasteiger partial charge in [-0.25, -0.2) is 9.38 Å². The predicted octanol–water partition coefficient (Wildman–Crippen LogP) is 2.36. The Balaban J connectivity index is 0.00000161. The number of nitrogens with zero attached hydrogens (tertiary/aromatic N) is 3. The maximum absolute atomic E-state index is 13.1. The van der Waals surface area contributed by atoms with Crippen LogP contribution in [-0.4, -0.2) is 17.6 Å². The van der Waals surface area contributed by atoms with Crippen LogP contribution in [0.2, 0.25) is 0 Å². The van der Waals surface area contributed by atoms with E-state index in [9.17, 15) is 4.39 Å². The lowest BCUT2D eigenvalue weighted by molar-refractivity contribution is 0.305. The molecular formula is C14H19ClFN5. The summed E-state index contributed by atoms with van der Waals surface area (Å²) in [7, 11) is 0. The Hall–Kier alpha value is -1.82. The molecule has 0 radical (unpaired) electrons. The van der Waals surface area contributed by atoms with Gasteiger partial charge in [-0.05, 0) is 49.9 Å². The second-order valence-corrected chi connectivity index (χ2v) is 5.29. The van der Waals surface area contributed by atoms with Crippen molar-refractivity contribution in [2.24, 2.45) is 21.5 Å². The Morgan fingerprint density at radius 2 is 1.67 bits per heavy atom. The van der Waals surface area contributed by atoms with Gasteiger partial charge in [0.15, 0.2) is 0 Å². The fourth-order valence-corrected chi connectivity index (χ4v) is 3.08. The molecule has 1 saturated carbocycles. The lowest BCUT2D eigenvalue weighted by Crippen LogP contribution is -2.58. The number of aliphatic imine (C=N–C) groups is 2. The van der Waals surface area contributed by atoms with Gasteiger partial charge in [-0.15, -0.1) is 12.4 Å². The molecule has 3 rings (SSSR count). The average molecular weight is 312 g/mol. The average Bonchev–Trinajstić information content (AvgIpc) is 2.41. The predicted molar refractivity (Wildman–Crippen MR) is 85.2 cm³/mol. The second kappa shape index (κ2) is 5.89. The van der Waals surface area contributed by atoms with Crippen LogP contribution in [0.25, 0.3) is 0 Å². The van der Waals surface area contributed by atoms with Crippen LogP contribution in [-0.2, 0) is 0 Å². The zero-order valence-corrected chi connectivity index (χ0v) is 12.4. The first-order valence-electron chi connectivity index (χ1n) is 6.86. The van der Waals surface area contributed by atoms with E-state index in [0.717, 1.165) is 31.4 Å². The van der Waals surface area contributed by atoms with E-state index in [0.29, 0.717) is 5.96 Å². The van der Waals surface area contributed by atoms with E-state index in [4.69, 9.17) is 11.5 Å². The zero-order valence-electron chi connectivity index (χ0n) is 11.6. The third kappa shape index (κ3) is 2.81. The molecule has 1 spiro atoms. The number of benzene rings is 1. The Morgan fingerprint density at radius 3 is 2.29 bits per heavy atom. The first-order chi connectivity index (χ1) is 9.61. The van der Waals surface area contributed by atoms with Gasteiger partial charge in [0.2, 0.25) is 11.9 Å². The van der Waals surface area contributed by atoms with Gasteiger partial charge >= 0.3 is 0 Å². The standard InChI is InChI=1S/C14H18FN5.ClH/c15-10-4-6-11(7-5-10)20-13(17)18-12(16)19-14(20)8-2-1-3-9-14;/h4-7H,1-3,8-9H2,(H4,16,17,18,19);1H. The molecule has 21 heavy (non-hydrogen) atoms. The van der Waals surface area contributed by atoms with E-state index >= 15 is 0 Å². The summed E-state index contributed by atoms with van der Waals surface area (Å²) < 4.78 is 13.1. The van der Waals surface area contributed by atoms with Gasteiger partial charge in [-0.2, -0.15) is 4.99 Å². The van der Waals surface area contributed by atoms with E-state index in [2.05, 4.69) is 9.98 Å². The molecular weight excluding hydrogens is 293 g/mol. The highest BCUT2D eigenvalue weighted by molar-refractivity contribution is 6.05. The van der Waals surface area contributed by atoms with Crippen LogP contribution in [0.15, 0.2) is 34.3 Å². The smallest absolute Gasteiger partial charge is 0.220 e. The molecule has 0 saturated heterocycles. The number of hydrogen-bond donors (Lipinski definition) is 2. The van der Waals surface area contributed by atoms with Gasteiger partial charge in [0, 0.05) is 5.69 Å². The van der Waals surface area contributed by atoms with Crippen LogP contribution < -0.4 is 16.4 Å². The van der Waals surface area contributed by atoms with Crippen LogP contribution in [0.3, 0.4) is 0 Å². The summed E-state index contributed by atoms with van der Waals surface area (Å²) in [5.74, 6) is 0.274. The minimum atomic E-state index is -0.466. The first-order valence-corrected chi connectivity index (χ1v) is 6.86. The highest BCUT2D eigenvalue weighted by atomic mass is 35.5. The largest absolute Gasteiger partial charge is 0.369 e. The highest BCUT2D eigenvalue weighted by Crippen LogP contribution is 2.39. The fraction of sp³-hybridized carbons (Fsp3) is 0.429. The van der Waals surface area contributed by atoms with E-state index in [-0.39, 0.29) is 24.2 Å². The van der Waals surface area contributed by atoms with E-state index in [1.807, 2.05) is 4.90 Å². The molecule has 2 aliphatic rings. The van der Waals surface area contributed by atoms with Crippen LogP contribution in [0.4, 0.5) is 10.1 Å². The number of rotatable bonds is 1. The minimum absolute atomic E-state index is 0. The Labute approximate surface area is 129 Å². The molecule has 7 heteroatoms. The Bertz CT molecular complexity index is 563. The van der Waals surface area contributed by atoms with Crippen molar-refractivity contribution in [2.45, 2.75) is 37.8 Å². The summed E-state index contributed by atoms with van der Waals surface area (Å²) in [6.45, 7) is 0. The number of hydrogen-bond acceptors (Lipinski definition) is 5. The van der Waals surface area contributed by atoms with Crippen molar-refractivity contribution in [3.05, 3.63) is 30.1 Å². The molecule has 1 heterocycles. The molecule has 0 amide bonds. The molecule has 0 aromatic heterocycles. The zero-order chi connectivity index (χ0) is 14.2. The number of halogens is 2. The number of nitrogens with two attached hydrogens (primary N) is 2. The van der Waals surface area contributed by atoms with Crippen LogP contribution >= 0.6 is 12.4 Å². The number of anilines is 1. The quantitative estimate of drug-likeness (QED) is 0.835. The van der Waals surface area contributed by atoms with Gasteiger partial charge in [0.1, 0.15) is 11.5 Å². The molecule has 1 fully saturated rings. The van der Waals surface area contributed by atoms with Gasteiger partial charge < -0.3 is 11.5 Å². The van der Waals surface area contributed by atoms with Gasteiger partial charge in [-0.3, -0.25) is 4.90 Å². The molecule has 0 atom stereocenters. The third-order valence-corrected chi connectivity index (χ3v) is 3.94. The molecule has 1 aliphatic heterocycles. The molecule has 0 unspecified atom stereocenters. The highest BCUT2D eigenvalue weighted by Gasteiger charge is 2.42. The lowest BCUT2D eigenvalue weighted by Gasteiger charge is -2.45. The lowest BCUT2D eigenvalue weighted by atomic mass is 9.87. The summed E-state index contributed by atoms with van der Waals surface area (Å²) >= 11 is 0. The molecule has 1 aliphatic carbocycles. The van der Waals surface area contributed by atoms with Gasteiger partial charge in [-0.1, -0.05) is 6.42 Å². The van der Waals surface area contributed by atoms with Crippen molar-refractivity contribution < 1.29 is 4.39 Å². The van der Waals surface area contributed by atoms with Crippen LogP contribution in [0, 0.1) is 5.82 Å². The number of guanidine groups is 2. The second-order valence-electron chi connectivity index (χ2n) is 5.29. The molecule has 1 aromatic rings. The van der Waals surface area contributed by atoms with E-state index < -0.39 is 5.66 Å². The third-order valence-electron chi connectivity index (χ3n) is 3.94. The van der Waals surface area contributed by atoms with Crippen molar-refractivity contribution in [3.63, 3.8) is 0 Å². The van der Waals surface area contributed by atoms with Crippen molar-refractivity contribution in [1.29, 1.82) is 0 Å². The van der Waals surface area contributed by atoms with Gasteiger partial charge in [0.25, 0.3) is 0 Å². The van der Waals surface area contributed by atoms with E-state index in [1.165, 1.54) is 18.6 Å². The SMILES string of the molecule is Cl.NC1=NC2(CCCCC2)N(c2ccc(F)cc2)C(N)=N1. The summed E-state index contributed by atoms with van der Waals surface area (Å²) in [5, 5.41) is 0. The van der Waals surface area contributed by atoms with Crippen molar-refractivity contribution in [2.75, 3.05) is 4.90 Å². The Morgan fingerprint density at radius 1 is 1.05 bits per heavy atom.